The van der Waals surface area contributed by atoms with Crippen LogP contribution in [0.15, 0.2) is 55.1 Å². The first kappa shape index (κ1) is 28.8. The van der Waals surface area contributed by atoms with E-state index in [-0.39, 0.29) is 44.1 Å². The van der Waals surface area contributed by atoms with E-state index in [0.29, 0.717) is 32.6 Å². The maximum Gasteiger partial charge on any atom is 0.318 e. The van der Waals surface area contributed by atoms with Crippen LogP contribution in [0.3, 0.4) is 0 Å². The molecule has 11 heteroatoms. The number of rotatable bonds is 7. The number of hydrogen-bond acceptors (Lipinski definition) is 7. The van der Waals surface area contributed by atoms with Crippen LogP contribution in [0, 0.1) is 6.57 Å². The fourth-order valence-corrected chi connectivity index (χ4v) is 6.54. The molecule has 4 heterocycles. The quantitative estimate of drug-likeness (QED) is 0.306. The molecule has 9 nitrogen and oxygen atoms in total. The lowest BCUT2D eigenvalue weighted by Gasteiger charge is -2.41. The molecule has 0 N–H and O–H groups in total. The van der Waals surface area contributed by atoms with E-state index in [0.717, 1.165) is 40.1 Å². The van der Waals surface area contributed by atoms with E-state index in [2.05, 4.69) is 51.6 Å². The lowest BCUT2D eigenvalue weighted by molar-refractivity contribution is -0.128. The highest BCUT2D eigenvalue weighted by atomic mass is 19.3. The summed E-state index contributed by atoms with van der Waals surface area (Å²) < 4.78 is 34.1. The third-order valence-corrected chi connectivity index (χ3v) is 8.72. The van der Waals surface area contributed by atoms with Gasteiger partial charge in [-0.1, -0.05) is 43.0 Å². The van der Waals surface area contributed by atoms with Crippen molar-refractivity contribution in [3.8, 4) is 6.01 Å². The first-order valence-electron chi connectivity index (χ1n) is 14.6. The number of alkyl halides is 2. The first-order chi connectivity index (χ1) is 20.8. The predicted octanol–water partition coefficient (Wildman–Crippen LogP) is 4.03. The molecule has 0 aliphatic carbocycles. The van der Waals surface area contributed by atoms with Crippen LogP contribution in [0.4, 0.5) is 20.3 Å². The van der Waals surface area contributed by atoms with Gasteiger partial charge in [0.1, 0.15) is 18.5 Å². The van der Waals surface area contributed by atoms with Crippen LogP contribution >= 0.6 is 0 Å². The summed E-state index contributed by atoms with van der Waals surface area (Å²) in [6, 6.07) is 14.0. The van der Waals surface area contributed by atoms with Crippen molar-refractivity contribution in [1.82, 2.24) is 19.8 Å². The number of carbonyl (C=O) groups is 1. The smallest absolute Gasteiger partial charge is 0.318 e. The second-order valence-corrected chi connectivity index (χ2v) is 11.5. The molecular formula is C32H35F2N7O2. The maximum atomic E-state index is 14.0. The van der Waals surface area contributed by atoms with Crippen molar-refractivity contribution >= 4 is 28.2 Å². The summed E-state index contributed by atoms with van der Waals surface area (Å²) in [5.41, 5.74) is 2.96. The Balaban J connectivity index is 1.32. The molecule has 0 unspecified atom stereocenters. The number of likely N-dealkylation sites (N-methyl/N-ethyl adjacent to an activating group) is 1. The third kappa shape index (κ3) is 5.84. The fraction of sp³-hybridized carbons (Fsp3) is 0.438. The molecule has 2 aromatic carbocycles. The van der Waals surface area contributed by atoms with E-state index in [4.69, 9.17) is 21.3 Å². The SMILES string of the molecule is [C-]#[N+]C[C@H]1CN(c2nc(OC[C@@H]3CC(F)(F)CN3C)nc3c2CCN(c2cccc4ccccc24)C3)CCN1C(=O)C=C. The van der Waals surface area contributed by atoms with E-state index in [9.17, 15) is 13.6 Å². The first-order valence-corrected chi connectivity index (χ1v) is 14.6. The Labute approximate surface area is 250 Å². The van der Waals surface area contributed by atoms with Crippen LogP contribution in [0.5, 0.6) is 6.01 Å². The molecule has 0 radical (unpaired) electrons. The van der Waals surface area contributed by atoms with Crippen LogP contribution in [-0.2, 0) is 17.8 Å². The Morgan fingerprint density at radius 2 is 1.95 bits per heavy atom. The number of aromatic nitrogens is 2. The molecule has 2 atom stereocenters. The molecule has 224 valence electrons. The lowest BCUT2D eigenvalue weighted by atomic mass is 10.0. The Morgan fingerprint density at radius 3 is 2.72 bits per heavy atom. The van der Waals surface area contributed by atoms with Crippen molar-refractivity contribution in [1.29, 1.82) is 0 Å². The fourth-order valence-electron chi connectivity index (χ4n) is 6.54. The van der Waals surface area contributed by atoms with Gasteiger partial charge in [0.2, 0.25) is 12.5 Å². The molecule has 2 saturated heterocycles. The standard InChI is InChI=1S/C32H35F2N7O2/c1-4-29(42)41-15-14-40(18-24(41)17-35-2)30-26-12-13-39(28-11-7-9-22-8-5-6-10-25(22)28)19-27(26)36-31(37-30)43-20-23-16-32(33,34)21-38(23)3/h4-11,23-24H,1,12-21H2,3H3/t23-,24-/m0/s1. The number of piperazine rings is 1. The number of amides is 1. The van der Waals surface area contributed by atoms with Crippen molar-refractivity contribution < 1.29 is 18.3 Å². The summed E-state index contributed by atoms with van der Waals surface area (Å²) >= 11 is 0. The van der Waals surface area contributed by atoms with Gasteiger partial charge in [0.15, 0.2) is 0 Å². The number of anilines is 2. The van der Waals surface area contributed by atoms with E-state index >= 15 is 0 Å². The number of nitrogens with zero attached hydrogens (tertiary/aromatic N) is 7. The van der Waals surface area contributed by atoms with E-state index < -0.39 is 12.0 Å². The number of halogens is 2. The van der Waals surface area contributed by atoms with Gasteiger partial charge in [0, 0.05) is 55.3 Å². The minimum Gasteiger partial charge on any atom is -0.462 e. The number of fused-ring (bicyclic) bond motifs is 2. The van der Waals surface area contributed by atoms with Crippen molar-refractivity contribution in [2.45, 2.75) is 37.4 Å². The van der Waals surface area contributed by atoms with Gasteiger partial charge in [-0.25, -0.2) is 15.4 Å². The maximum absolute atomic E-state index is 14.0. The van der Waals surface area contributed by atoms with E-state index in [1.54, 1.807) is 16.8 Å². The van der Waals surface area contributed by atoms with Crippen LogP contribution in [0.1, 0.15) is 17.7 Å². The molecule has 1 aromatic heterocycles. The summed E-state index contributed by atoms with van der Waals surface area (Å²) in [6.45, 7) is 13.7. The number of likely N-dealkylation sites (tertiary alicyclic amines) is 1. The summed E-state index contributed by atoms with van der Waals surface area (Å²) in [6.07, 6.45) is 1.72. The summed E-state index contributed by atoms with van der Waals surface area (Å²) in [5.74, 6) is -2.21. The molecule has 3 aliphatic heterocycles. The van der Waals surface area contributed by atoms with Gasteiger partial charge in [-0.2, -0.15) is 9.97 Å². The molecule has 3 aromatic rings. The van der Waals surface area contributed by atoms with E-state index in [1.165, 1.54) is 6.08 Å². The highest BCUT2D eigenvalue weighted by molar-refractivity contribution is 5.94. The lowest BCUT2D eigenvalue weighted by Crippen LogP contribution is -2.56. The molecular weight excluding hydrogens is 552 g/mol. The third-order valence-electron chi connectivity index (χ3n) is 8.72. The monoisotopic (exact) mass is 587 g/mol. The Kier molecular flexibility index (Phi) is 7.88. The number of carbonyl (C=O) groups excluding carboxylic acids is 1. The van der Waals surface area contributed by atoms with Crippen LogP contribution in [0.2, 0.25) is 0 Å². The normalized spacial score (nSPS) is 21.9. The molecule has 0 bridgehead atoms. The van der Waals surface area contributed by atoms with E-state index in [1.807, 2.05) is 12.1 Å². The van der Waals surface area contributed by atoms with Gasteiger partial charge in [-0.3, -0.25) is 9.69 Å². The topological polar surface area (TPSA) is 69.4 Å². The van der Waals surface area contributed by atoms with Gasteiger partial charge >= 0.3 is 6.01 Å². The molecule has 0 saturated carbocycles. The zero-order valence-electron chi connectivity index (χ0n) is 24.3. The van der Waals surface area contributed by atoms with Gasteiger partial charge in [0.05, 0.1) is 18.8 Å². The van der Waals surface area contributed by atoms with Gasteiger partial charge in [0.25, 0.3) is 5.92 Å². The molecule has 1 amide bonds. The summed E-state index contributed by atoms with van der Waals surface area (Å²) in [7, 11) is 1.68. The van der Waals surface area contributed by atoms with Crippen molar-refractivity contribution in [3.63, 3.8) is 0 Å². The zero-order valence-corrected chi connectivity index (χ0v) is 24.3. The highest BCUT2D eigenvalue weighted by Crippen LogP contribution is 2.35. The summed E-state index contributed by atoms with van der Waals surface area (Å²) in [4.78, 5) is 33.5. The average molecular weight is 588 g/mol. The molecule has 0 spiro atoms. The second-order valence-electron chi connectivity index (χ2n) is 11.5. The number of hydrogen-bond donors (Lipinski definition) is 0. The summed E-state index contributed by atoms with van der Waals surface area (Å²) in [5, 5.41) is 2.32. The highest BCUT2D eigenvalue weighted by Gasteiger charge is 2.43. The average Bonchev–Trinajstić information content (AvgIpc) is 3.29. The van der Waals surface area contributed by atoms with Crippen molar-refractivity contribution in [2.24, 2.45) is 0 Å². The molecule has 6 rings (SSSR count). The Morgan fingerprint density at radius 1 is 1.14 bits per heavy atom. The molecule has 3 aliphatic rings. The van der Waals surface area contributed by atoms with Gasteiger partial charge in [-0.05, 0) is 31.0 Å². The minimum absolute atomic E-state index is 0.0549. The van der Waals surface area contributed by atoms with Crippen molar-refractivity contribution in [3.05, 3.63) is 77.8 Å². The van der Waals surface area contributed by atoms with Crippen LogP contribution in [-0.4, -0.2) is 96.6 Å². The van der Waals surface area contributed by atoms with Crippen LogP contribution < -0.4 is 14.5 Å². The van der Waals surface area contributed by atoms with Gasteiger partial charge < -0.3 is 24.3 Å². The molecule has 2 fully saturated rings. The van der Waals surface area contributed by atoms with Gasteiger partial charge in [-0.15, -0.1) is 0 Å². The minimum atomic E-state index is -2.75. The predicted molar refractivity (Wildman–Crippen MR) is 162 cm³/mol. The Hall–Kier alpha value is -4.30. The largest absolute Gasteiger partial charge is 0.462 e. The Bertz CT molecular complexity index is 1570. The van der Waals surface area contributed by atoms with Crippen molar-refractivity contribution in [2.75, 3.05) is 62.7 Å². The number of benzene rings is 2. The van der Waals surface area contributed by atoms with Crippen LogP contribution in [0.25, 0.3) is 15.6 Å². The second kappa shape index (κ2) is 11.8. The zero-order chi connectivity index (χ0) is 30.1. The molecule has 43 heavy (non-hydrogen) atoms. The number of ether oxygens (including phenoxy) is 1.